The number of rotatable bonds is 5. The number of imide groups is 1. The predicted octanol–water partition coefficient (Wildman–Crippen LogP) is 0.617. The number of urea groups is 1. The highest BCUT2D eigenvalue weighted by Crippen LogP contribution is 2.28. The van der Waals surface area contributed by atoms with E-state index in [0.29, 0.717) is 37.4 Å². The molecule has 25 heavy (non-hydrogen) atoms. The van der Waals surface area contributed by atoms with E-state index in [1.165, 1.54) is 4.90 Å². The number of hydrogen-bond acceptors (Lipinski definition) is 5. The van der Waals surface area contributed by atoms with Gasteiger partial charge >= 0.3 is 6.03 Å². The first-order valence-electron chi connectivity index (χ1n) is 8.23. The molecule has 0 spiro atoms. The largest absolute Gasteiger partial charge is 0.493 e. The van der Waals surface area contributed by atoms with Gasteiger partial charge in [-0.1, -0.05) is 12.1 Å². The van der Waals surface area contributed by atoms with Crippen molar-refractivity contribution in [3.8, 4) is 11.5 Å². The molecular formula is C17H21N3O5. The molecule has 0 radical (unpaired) electrons. The second-order valence-electron chi connectivity index (χ2n) is 6.06. The van der Waals surface area contributed by atoms with Gasteiger partial charge in [0, 0.05) is 25.9 Å². The van der Waals surface area contributed by atoms with E-state index in [1.807, 2.05) is 24.3 Å². The molecule has 4 amide bonds. The van der Waals surface area contributed by atoms with Crippen LogP contribution in [-0.4, -0.2) is 67.0 Å². The van der Waals surface area contributed by atoms with E-state index in [2.05, 4.69) is 5.32 Å². The molecule has 2 fully saturated rings. The molecule has 2 aliphatic rings. The minimum atomic E-state index is -0.507. The summed E-state index contributed by atoms with van der Waals surface area (Å²) in [7, 11) is 1.60. The zero-order valence-electron chi connectivity index (χ0n) is 14.1. The first-order chi connectivity index (χ1) is 12.1. The van der Waals surface area contributed by atoms with Crippen LogP contribution in [0.4, 0.5) is 4.79 Å². The van der Waals surface area contributed by atoms with Crippen LogP contribution in [0.1, 0.15) is 12.8 Å². The number of likely N-dealkylation sites (tertiary alicyclic amines) is 1. The highest BCUT2D eigenvalue weighted by Gasteiger charge is 2.31. The van der Waals surface area contributed by atoms with Crippen molar-refractivity contribution in [1.82, 2.24) is 15.1 Å². The average Bonchev–Trinajstić information content (AvgIpc) is 2.93. The van der Waals surface area contributed by atoms with Crippen molar-refractivity contribution in [3.05, 3.63) is 24.3 Å². The number of hydrogen-bond donors (Lipinski definition) is 1. The van der Waals surface area contributed by atoms with Gasteiger partial charge in [0.15, 0.2) is 11.5 Å². The summed E-state index contributed by atoms with van der Waals surface area (Å²) < 4.78 is 11.3. The van der Waals surface area contributed by atoms with Crippen molar-refractivity contribution >= 4 is 17.8 Å². The van der Waals surface area contributed by atoms with E-state index >= 15 is 0 Å². The maximum absolute atomic E-state index is 12.3. The highest BCUT2D eigenvalue weighted by molar-refractivity contribution is 6.03. The smallest absolute Gasteiger partial charge is 0.325 e. The number of nitrogens with zero attached hydrogens (tertiary/aromatic N) is 2. The molecule has 0 bridgehead atoms. The molecule has 2 heterocycles. The van der Waals surface area contributed by atoms with E-state index in [1.54, 1.807) is 12.0 Å². The number of methoxy groups -OCH3 is 1. The predicted molar refractivity (Wildman–Crippen MR) is 88.3 cm³/mol. The first kappa shape index (κ1) is 17.1. The summed E-state index contributed by atoms with van der Waals surface area (Å²) in [6, 6.07) is 6.97. The molecule has 0 aliphatic carbocycles. The fourth-order valence-electron chi connectivity index (χ4n) is 2.99. The van der Waals surface area contributed by atoms with Gasteiger partial charge in [-0.05, 0) is 12.1 Å². The van der Waals surface area contributed by atoms with Crippen LogP contribution in [0.25, 0.3) is 0 Å². The topological polar surface area (TPSA) is 88.2 Å². The molecule has 3 rings (SSSR count). The number of para-hydroxylation sites is 2. The Balaban J connectivity index is 1.49. The second kappa shape index (κ2) is 7.42. The molecule has 0 atom stereocenters. The number of carbonyl (C=O) groups is 3. The van der Waals surface area contributed by atoms with Crippen LogP contribution in [0.15, 0.2) is 24.3 Å². The highest BCUT2D eigenvalue weighted by atomic mass is 16.5. The SMILES string of the molecule is COc1ccccc1OC1CCN(C(=O)CN2CC(=O)NC2=O)CC1. The van der Waals surface area contributed by atoms with Crippen molar-refractivity contribution in [1.29, 1.82) is 0 Å². The minimum absolute atomic E-state index is 0.0111. The Hall–Kier alpha value is -2.77. The molecule has 8 heteroatoms. The molecule has 134 valence electrons. The van der Waals surface area contributed by atoms with Gasteiger partial charge in [-0.2, -0.15) is 0 Å². The normalized spacial score (nSPS) is 18.3. The summed E-state index contributed by atoms with van der Waals surface area (Å²) in [6.45, 7) is 0.984. The third-order valence-electron chi connectivity index (χ3n) is 4.35. The average molecular weight is 347 g/mol. The number of benzene rings is 1. The van der Waals surface area contributed by atoms with Crippen molar-refractivity contribution in [2.75, 3.05) is 33.3 Å². The number of ether oxygens (including phenoxy) is 2. The summed E-state index contributed by atoms with van der Waals surface area (Å²) in [5.74, 6) is 0.857. The second-order valence-corrected chi connectivity index (χ2v) is 6.06. The lowest BCUT2D eigenvalue weighted by Crippen LogP contribution is -2.46. The van der Waals surface area contributed by atoms with Gasteiger partial charge < -0.3 is 19.3 Å². The fraction of sp³-hybridized carbons (Fsp3) is 0.471. The van der Waals surface area contributed by atoms with E-state index in [0.717, 1.165) is 0 Å². The molecule has 1 aromatic carbocycles. The third kappa shape index (κ3) is 4.01. The van der Waals surface area contributed by atoms with Gasteiger partial charge in [-0.25, -0.2) is 4.79 Å². The number of nitrogens with one attached hydrogen (secondary N) is 1. The van der Waals surface area contributed by atoms with Crippen LogP contribution in [0.2, 0.25) is 0 Å². The van der Waals surface area contributed by atoms with E-state index in [9.17, 15) is 14.4 Å². The zero-order chi connectivity index (χ0) is 17.8. The molecule has 2 aliphatic heterocycles. The monoisotopic (exact) mass is 347 g/mol. The standard InChI is InChI=1S/C17H21N3O5/c1-24-13-4-2-3-5-14(13)25-12-6-8-19(9-7-12)16(22)11-20-10-15(21)18-17(20)23/h2-5,12H,6-11H2,1H3,(H,18,21,23). The quantitative estimate of drug-likeness (QED) is 0.789. The summed E-state index contributed by atoms with van der Waals surface area (Å²) >= 11 is 0. The maximum Gasteiger partial charge on any atom is 0.325 e. The van der Waals surface area contributed by atoms with E-state index in [-0.39, 0.29) is 31.0 Å². The Morgan fingerprint density at radius 2 is 1.88 bits per heavy atom. The Morgan fingerprint density at radius 3 is 2.48 bits per heavy atom. The Bertz CT molecular complexity index is 670. The Kier molecular flexibility index (Phi) is 5.06. The molecule has 2 saturated heterocycles. The van der Waals surface area contributed by atoms with Crippen LogP contribution in [-0.2, 0) is 9.59 Å². The van der Waals surface area contributed by atoms with Crippen molar-refractivity contribution in [3.63, 3.8) is 0 Å². The third-order valence-corrected chi connectivity index (χ3v) is 4.35. The molecule has 1 N–H and O–H groups in total. The van der Waals surface area contributed by atoms with Gasteiger partial charge in [-0.15, -0.1) is 0 Å². The molecule has 1 aromatic rings. The lowest BCUT2D eigenvalue weighted by molar-refractivity contribution is -0.133. The van der Waals surface area contributed by atoms with Gasteiger partial charge in [0.2, 0.25) is 11.8 Å². The number of piperidine rings is 1. The summed E-state index contributed by atoms with van der Waals surface area (Å²) in [4.78, 5) is 37.9. The van der Waals surface area contributed by atoms with Crippen LogP contribution >= 0.6 is 0 Å². The molecule has 0 saturated carbocycles. The van der Waals surface area contributed by atoms with Crippen LogP contribution < -0.4 is 14.8 Å². The summed E-state index contributed by atoms with van der Waals surface area (Å²) in [5, 5.41) is 2.17. The maximum atomic E-state index is 12.3. The van der Waals surface area contributed by atoms with Gasteiger partial charge in [-0.3, -0.25) is 14.9 Å². The van der Waals surface area contributed by atoms with E-state index in [4.69, 9.17) is 9.47 Å². The summed E-state index contributed by atoms with van der Waals surface area (Å²) in [5.41, 5.74) is 0. The molecule has 8 nitrogen and oxygen atoms in total. The number of carbonyl (C=O) groups excluding carboxylic acids is 3. The van der Waals surface area contributed by atoms with Crippen molar-refractivity contribution < 1.29 is 23.9 Å². The van der Waals surface area contributed by atoms with Crippen LogP contribution in [0.5, 0.6) is 11.5 Å². The first-order valence-corrected chi connectivity index (χ1v) is 8.23. The lowest BCUT2D eigenvalue weighted by atomic mass is 10.1. The van der Waals surface area contributed by atoms with E-state index < -0.39 is 6.03 Å². The molecule has 0 aromatic heterocycles. The van der Waals surface area contributed by atoms with Crippen molar-refractivity contribution in [2.45, 2.75) is 18.9 Å². The lowest BCUT2D eigenvalue weighted by Gasteiger charge is -2.33. The molecule has 0 unspecified atom stereocenters. The number of amides is 4. The van der Waals surface area contributed by atoms with Crippen LogP contribution in [0, 0.1) is 0 Å². The Morgan fingerprint density at radius 1 is 1.20 bits per heavy atom. The van der Waals surface area contributed by atoms with Crippen molar-refractivity contribution in [2.24, 2.45) is 0 Å². The van der Waals surface area contributed by atoms with Gasteiger partial charge in [0.25, 0.3) is 0 Å². The fourth-order valence-corrected chi connectivity index (χ4v) is 2.99. The summed E-state index contributed by atoms with van der Waals surface area (Å²) in [6.07, 6.45) is 1.42. The zero-order valence-corrected chi connectivity index (χ0v) is 14.1. The Labute approximate surface area is 145 Å². The van der Waals surface area contributed by atoms with Gasteiger partial charge in [0.05, 0.1) is 7.11 Å². The van der Waals surface area contributed by atoms with Crippen LogP contribution in [0.3, 0.4) is 0 Å². The molecular weight excluding hydrogens is 326 g/mol. The van der Waals surface area contributed by atoms with Gasteiger partial charge in [0.1, 0.15) is 19.2 Å². The minimum Gasteiger partial charge on any atom is -0.493 e.